The van der Waals surface area contributed by atoms with Gasteiger partial charge in [0, 0.05) is 36.6 Å². The third kappa shape index (κ3) is 3.13. The van der Waals surface area contributed by atoms with Gasteiger partial charge < -0.3 is 4.90 Å². The summed E-state index contributed by atoms with van der Waals surface area (Å²) in [5, 5.41) is 0. The summed E-state index contributed by atoms with van der Waals surface area (Å²) in [7, 11) is 0. The maximum atomic E-state index is 13.2. The van der Waals surface area contributed by atoms with E-state index in [-0.39, 0.29) is 11.9 Å². The molecule has 23 heavy (non-hydrogen) atoms. The van der Waals surface area contributed by atoms with E-state index < -0.39 is 11.9 Å². The first-order chi connectivity index (χ1) is 10.9. The Kier molecular flexibility index (Phi) is 3.95. The van der Waals surface area contributed by atoms with E-state index in [9.17, 15) is 13.2 Å². The zero-order valence-electron chi connectivity index (χ0n) is 12.9. The molecule has 0 spiro atoms. The Morgan fingerprint density at radius 1 is 1.22 bits per heavy atom. The van der Waals surface area contributed by atoms with Gasteiger partial charge in [0.1, 0.15) is 5.82 Å². The van der Waals surface area contributed by atoms with Crippen molar-refractivity contribution in [2.24, 2.45) is 5.92 Å². The molecule has 2 atom stereocenters. The molecule has 0 N–H and O–H groups in total. The highest BCUT2D eigenvalue weighted by Gasteiger charge is 2.36. The molecule has 3 heterocycles. The van der Waals surface area contributed by atoms with Crippen LogP contribution in [0.5, 0.6) is 0 Å². The average molecular weight is 322 g/mol. The van der Waals surface area contributed by atoms with Gasteiger partial charge in [0.15, 0.2) is 11.5 Å². The number of pyridine rings is 1. The molecule has 0 aromatic carbocycles. The number of rotatable bonds is 2. The maximum Gasteiger partial charge on any atom is 0.433 e. The van der Waals surface area contributed by atoms with Gasteiger partial charge in [0.25, 0.3) is 0 Å². The second-order valence-electron chi connectivity index (χ2n) is 5.87. The van der Waals surface area contributed by atoms with Crippen LogP contribution in [0.4, 0.5) is 19.0 Å². The first kappa shape index (κ1) is 15.7. The lowest BCUT2D eigenvalue weighted by Crippen LogP contribution is -2.30. The van der Waals surface area contributed by atoms with E-state index in [1.165, 1.54) is 6.20 Å². The predicted molar refractivity (Wildman–Crippen MR) is 80.9 cm³/mol. The van der Waals surface area contributed by atoms with E-state index >= 15 is 0 Å². The minimum Gasteiger partial charge on any atom is -0.354 e. The molecule has 1 aliphatic heterocycles. The SMILES string of the molecule is CC1CCN(c2cc(C(F)(F)F)nc(-c3cccnc3)n2)C1C. The van der Waals surface area contributed by atoms with Crippen molar-refractivity contribution in [1.82, 2.24) is 15.0 Å². The molecule has 1 aliphatic rings. The maximum absolute atomic E-state index is 13.2. The van der Waals surface area contributed by atoms with Gasteiger partial charge in [-0.15, -0.1) is 0 Å². The molecular formula is C16H17F3N4. The summed E-state index contributed by atoms with van der Waals surface area (Å²) in [6.07, 6.45) is -0.546. The molecule has 2 aromatic rings. The number of anilines is 1. The number of hydrogen-bond donors (Lipinski definition) is 0. The van der Waals surface area contributed by atoms with Crippen molar-refractivity contribution in [2.45, 2.75) is 32.5 Å². The van der Waals surface area contributed by atoms with Gasteiger partial charge in [-0.3, -0.25) is 4.98 Å². The monoisotopic (exact) mass is 322 g/mol. The van der Waals surface area contributed by atoms with Gasteiger partial charge in [-0.2, -0.15) is 13.2 Å². The summed E-state index contributed by atoms with van der Waals surface area (Å²) in [6.45, 7) is 4.80. The van der Waals surface area contributed by atoms with Crippen molar-refractivity contribution in [2.75, 3.05) is 11.4 Å². The second-order valence-corrected chi connectivity index (χ2v) is 5.87. The molecule has 4 nitrogen and oxygen atoms in total. The Balaban J connectivity index is 2.09. The quantitative estimate of drug-likeness (QED) is 0.843. The van der Waals surface area contributed by atoms with E-state index in [0.717, 1.165) is 12.5 Å². The normalized spacial score (nSPS) is 21.7. The smallest absolute Gasteiger partial charge is 0.354 e. The van der Waals surface area contributed by atoms with E-state index in [2.05, 4.69) is 21.9 Å². The molecule has 7 heteroatoms. The lowest BCUT2D eigenvalue weighted by molar-refractivity contribution is -0.141. The number of aromatic nitrogens is 3. The minimum absolute atomic E-state index is 0.0506. The zero-order chi connectivity index (χ0) is 16.6. The van der Waals surface area contributed by atoms with E-state index in [1.807, 2.05) is 11.8 Å². The van der Waals surface area contributed by atoms with Crippen LogP contribution in [-0.2, 0) is 6.18 Å². The predicted octanol–water partition coefficient (Wildman–Crippen LogP) is 3.79. The molecule has 2 unspecified atom stereocenters. The molecule has 1 fully saturated rings. The molecular weight excluding hydrogens is 305 g/mol. The lowest BCUT2D eigenvalue weighted by atomic mass is 10.1. The Morgan fingerprint density at radius 2 is 2.00 bits per heavy atom. The molecule has 0 saturated carbocycles. The summed E-state index contributed by atoms with van der Waals surface area (Å²) in [4.78, 5) is 13.9. The van der Waals surface area contributed by atoms with Crippen molar-refractivity contribution in [3.05, 3.63) is 36.3 Å². The fourth-order valence-electron chi connectivity index (χ4n) is 2.77. The number of halogens is 3. The highest BCUT2D eigenvalue weighted by molar-refractivity contribution is 5.57. The van der Waals surface area contributed by atoms with Crippen LogP contribution in [-0.4, -0.2) is 27.5 Å². The first-order valence-electron chi connectivity index (χ1n) is 7.49. The zero-order valence-corrected chi connectivity index (χ0v) is 12.9. The van der Waals surface area contributed by atoms with E-state index in [0.29, 0.717) is 23.8 Å². The Hall–Kier alpha value is -2.18. The van der Waals surface area contributed by atoms with Crippen LogP contribution in [0.2, 0.25) is 0 Å². The van der Waals surface area contributed by atoms with Crippen LogP contribution in [0.3, 0.4) is 0 Å². The molecule has 3 rings (SSSR count). The van der Waals surface area contributed by atoms with Crippen molar-refractivity contribution >= 4 is 5.82 Å². The van der Waals surface area contributed by atoms with Crippen LogP contribution < -0.4 is 4.90 Å². The van der Waals surface area contributed by atoms with Crippen LogP contribution in [0.25, 0.3) is 11.4 Å². The van der Waals surface area contributed by atoms with Crippen LogP contribution in [0.15, 0.2) is 30.6 Å². The Labute approximate surface area is 132 Å². The fraction of sp³-hybridized carbons (Fsp3) is 0.438. The van der Waals surface area contributed by atoms with Crippen LogP contribution in [0.1, 0.15) is 26.0 Å². The summed E-state index contributed by atoms with van der Waals surface area (Å²) < 4.78 is 39.6. The molecule has 0 bridgehead atoms. The Bertz CT molecular complexity index is 687. The van der Waals surface area contributed by atoms with Crippen molar-refractivity contribution < 1.29 is 13.2 Å². The summed E-state index contributed by atoms with van der Waals surface area (Å²) in [6, 6.07) is 4.49. The topological polar surface area (TPSA) is 41.9 Å². The summed E-state index contributed by atoms with van der Waals surface area (Å²) in [5.41, 5.74) is -0.451. The van der Waals surface area contributed by atoms with Crippen LogP contribution in [0, 0.1) is 5.92 Å². The average Bonchev–Trinajstić information content (AvgIpc) is 2.86. The number of alkyl halides is 3. The van der Waals surface area contributed by atoms with Crippen molar-refractivity contribution in [1.29, 1.82) is 0 Å². The third-order valence-electron chi connectivity index (χ3n) is 4.36. The second kappa shape index (κ2) is 5.79. The van der Waals surface area contributed by atoms with Gasteiger partial charge in [-0.1, -0.05) is 6.92 Å². The van der Waals surface area contributed by atoms with E-state index in [4.69, 9.17) is 0 Å². The van der Waals surface area contributed by atoms with Crippen LogP contribution >= 0.6 is 0 Å². The standard InChI is InChI=1S/C16H17F3N4/c1-10-5-7-23(11(10)2)14-8-13(16(17,18)19)21-15(22-14)12-4-3-6-20-9-12/h3-4,6,8-11H,5,7H2,1-2H3. The molecule has 1 saturated heterocycles. The van der Waals surface area contributed by atoms with E-state index in [1.54, 1.807) is 18.3 Å². The summed E-state index contributed by atoms with van der Waals surface area (Å²) >= 11 is 0. The van der Waals surface area contributed by atoms with Crippen molar-refractivity contribution in [3.63, 3.8) is 0 Å². The highest BCUT2D eigenvalue weighted by atomic mass is 19.4. The molecule has 0 amide bonds. The van der Waals surface area contributed by atoms with Gasteiger partial charge in [0.2, 0.25) is 0 Å². The largest absolute Gasteiger partial charge is 0.433 e. The Morgan fingerprint density at radius 3 is 2.57 bits per heavy atom. The fourth-order valence-corrected chi connectivity index (χ4v) is 2.77. The molecule has 2 aromatic heterocycles. The molecule has 122 valence electrons. The first-order valence-corrected chi connectivity index (χ1v) is 7.49. The summed E-state index contributed by atoms with van der Waals surface area (Å²) in [5.74, 6) is 0.791. The minimum atomic E-state index is -4.51. The van der Waals surface area contributed by atoms with Gasteiger partial charge in [-0.25, -0.2) is 9.97 Å². The number of hydrogen-bond acceptors (Lipinski definition) is 4. The van der Waals surface area contributed by atoms with Gasteiger partial charge in [0.05, 0.1) is 0 Å². The molecule has 0 radical (unpaired) electrons. The highest BCUT2D eigenvalue weighted by Crippen LogP contribution is 2.34. The van der Waals surface area contributed by atoms with Crippen molar-refractivity contribution in [3.8, 4) is 11.4 Å². The lowest BCUT2D eigenvalue weighted by Gasteiger charge is -2.25. The number of nitrogens with zero attached hydrogens (tertiary/aromatic N) is 4. The third-order valence-corrected chi connectivity index (χ3v) is 4.36. The van der Waals surface area contributed by atoms with Gasteiger partial charge in [-0.05, 0) is 31.4 Å². The van der Waals surface area contributed by atoms with Gasteiger partial charge >= 0.3 is 6.18 Å². The molecule has 0 aliphatic carbocycles.